The molecule has 1 unspecified atom stereocenters. The van der Waals surface area contributed by atoms with Gasteiger partial charge in [-0.3, -0.25) is 4.90 Å². The van der Waals surface area contributed by atoms with E-state index in [-0.39, 0.29) is 0 Å². The molecule has 0 aromatic carbocycles. The molecule has 110 valence electrons. The third-order valence-corrected chi connectivity index (χ3v) is 3.76. The molecule has 0 radical (unpaired) electrons. The molecule has 0 aromatic heterocycles. The van der Waals surface area contributed by atoms with Crippen molar-refractivity contribution in [1.82, 2.24) is 10.2 Å². The Kier molecular flexibility index (Phi) is 9.76. The Morgan fingerprint density at radius 3 is 1.78 bits per heavy atom. The summed E-state index contributed by atoms with van der Waals surface area (Å²) in [6, 6.07) is 1.36. The maximum atomic E-state index is 3.65. The lowest BCUT2D eigenvalue weighted by atomic mass is 10.0. The Labute approximate surface area is 116 Å². The van der Waals surface area contributed by atoms with Gasteiger partial charge in [0, 0.05) is 25.2 Å². The standard InChI is InChI=1S/C16H36N2/c1-8-15(9-2)18(11-13(4)5)12-16(14(6)7)17-10-3/h13-17H,8-12H2,1-7H3. The van der Waals surface area contributed by atoms with Crippen LogP contribution in [0.1, 0.15) is 61.3 Å². The maximum absolute atomic E-state index is 3.65. The van der Waals surface area contributed by atoms with Crippen molar-refractivity contribution < 1.29 is 0 Å². The van der Waals surface area contributed by atoms with Gasteiger partial charge in [-0.25, -0.2) is 0 Å². The normalized spacial score (nSPS) is 14.2. The zero-order valence-corrected chi connectivity index (χ0v) is 13.8. The van der Waals surface area contributed by atoms with Crippen molar-refractivity contribution in [2.75, 3.05) is 19.6 Å². The van der Waals surface area contributed by atoms with Gasteiger partial charge in [0.15, 0.2) is 0 Å². The van der Waals surface area contributed by atoms with E-state index >= 15 is 0 Å². The molecule has 2 heteroatoms. The number of likely N-dealkylation sites (N-methyl/N-ethyl adjacent to an activating group) is 1. The molecule has 0 saturated carbocycles. The number of nitrogens with one attached hydrogen (secondary N) is 1. The van der Waals surface area contributed by atoms with Crippen LogP contribution in [-0.2, 0) is 0 Å². The second-order valence-corrected chi connectivity index (χ2v) is 6.23. The summed E-state index contributed by atoms with van der Waals surface area (Å²) >= 11 is 0. The Morgan fingerprint density at radius 1 is 0.889 bits per heavy atom. The Bertz CT molecular complexity index is 186. The van der Waals surface area contributed by atoms with E-state index in [1.165, 1.54) is 25.9 Å². The van der Waals surface area contributed by atoms with Crippen molar-refractivity contribution in [3.8, 4) is 0 Å². The van der Waals surface area contributed by atoms with E-state index in [2.05, 4.69) is 58.7 Å². The van der Waals surface area contributed by atoms with E-state index in [4.69, 9.17) is 0 Å². The van der Waals surface area contributed by atoms with Crippen LogP contribution in [-0.4, -0.2) is 36.6 Å². The molecule has 0 aliphatic heterocycles. The highest BCUT2D eigenvalue weighted by Crippen LogP contribution is 2.14. The quantitative estimate of drug-likeness (QED) is 0.640. The average Bonchev–Trinajstić information content (AvgIpc) is 2.28. The third-order valence-electron chi connectivity index (χ3n) is 3.76. The monoisotopic (exact) mass is 256 g/mol. The fraction of sp³-hybridized carbons (Fsp3) is 1.00. The summed E-state index contributed by atoms with van der Waals surface area (Å²) in [5, 5.41) is 3.65. The largest absolute Gasteiger partial charge is 0.313 e. The molecule has 1 atom stereocenters. The summed E-state index contributed by atoms with van der Waals surface area (Å²) in [5.74, 6) is 1.45. The molecule has 0 amide bonds. The summed E-state index contributed by atoms with van der Waals surface area (Å²) in [6.07, 6.45) is 2.53. The van der Waals surface area contributed by atoms with Gasteiger partial charge in [-0.05, 0) is 31.2 Å². The molecule has 0 rings (SSSR count). The van der Waals surface area contributed by atoms with E-state index in [1.54, 1.807) is 0 Å². The molecular weight excluding hydrogens is 220 g/mol. The first kappa shape index (κ1) is 17.9. The molecule has 2 nitrogen and oxygen atoms in total. The smallest absolute Gasteiger partial charge is 0.0217 e. The van der Waals surface area contributed by atoms with E-state index in [9.17, 15) is 0 Å². The van der Waals surface area contributed by atoms with Crippen LogP contribution < -0.4 is 5.32 Å². The van der Waals surface area contributed by atoms with Gasteiger partial charge in [-0.15, -0.1) is 0 Å². The van der Waals surface area contributed by atoms with Gasteiger partial charge >= 0.3 is 0 Å². The first-order valence-electron chi connectivity index (χ1n) is 7.93. The van der Waals surface area contributed by atoms with Gasteiger partial charge in [0.25, 0.3) is 0 Å². The Balaban J connectivity index is 4.62. The van der Waals surface area contributed by atoms with Gasteiger partial charge in [-0.1, -0.05) is 48.5 Å². The van der Waals surface area contributed by atoms with E-state index < -0.39 is 0 Å². The van der Waals surface area contributed by atoms with Crippen molar-refractivity contribution >= 4 is 0 Å². The van der Waals surface area contributed by atoms with Crippen LogP contribution >= 0.6 is 0 Å². The van der Waals surface area contributed by atoms with E-state index in [0.717, 1.165) is 18.5 Å². The number of rotatable bonds is 10. The first-order valence-corrected chi connectivity index (χ1v) is 7.93. The highest BCUT2D eigenvalue weighted by Gasteiger charge is 2.21. The fourth-order valence-corrected chi connectivity index (χ4v) is 2.67. The topological polar surface area (TPSA) is 15.3 Å². The summed E-state index contributed by atoms with van der Waals surface area (Å²) in [6.45, 7) is 19.6. The number of nitrogens with zero attached hydrogens (tertiary/aromatic N) is 1. The molecular formula is C16H36N2. The maximum Gasteiger partial charge on any atom is 0.0217 e. The SMILES string of the molecule is CCNC(CN(CC(C)C)C(CC)CC)C(C)C. The number of hydrogen-bond donors (Lipinski definition) is 1. The third kappa shape index (κ3) is 6.75. The van der Waals surface area contributed by atoms with Crippen LogP contribution in [0.2, 0.25) is 0 Å². The first-order chi connectivity index (χ1) is 8.46. The van der Waals surface area contributed by atoms with Crippen LogP contribution in [0.5, 0.6) is 0 Å². The number of hydrogen-bond acceptors (Lipinski definition) is 2. The van der Waals surface area contributed by atoms with Crippen LogP contribution in [0, 0.1) is 11.8 Å². The molecule has 0 aliphatic carbocycles. The molecule has 0 fully saturated rings. The summed E-state index contributed by atoms with van der Waals surface area (Å²) in [5.41, 5.74) is 0. The minimum Gasteiger partial charge on any atom is -0.313 e. The molecule has 1 N–H and O–H groups in total. The van der Waals surface area contributed by atoms with E-state index in [0.29, 0.717) is 12.0 Å². The summed E-state index contributed by atoms with van der Waals surface area (Å²) in [7, 11) is 0. The van der Waals surface area contributed by atoms with Gasteiger partial charge in [0.1, 0.15) is 0 Å². The molecule has 18 heavy (non-hydrogen) atoms. The predicted molar refractivity (Wildman–Crippen MR) is 83.1 cm³/mol. The Morgan fingerprint density at radius 2 is 1.44 bits per heavy atom. The highest BCUT2D eigenvalue weighted by molar-refractivity contribution is 4.79. The van der Waals surface area contributed by atoms with Crippen LogP contribution in [0.25, 0.3) is 0 Å². The molecule has 0 saturated heterocycles. The molecule has 0 aliphatic rings. The van der Waals surface area contributed by atoms with Crippen molar-refractivity contribution in [3.05, 3.63) is 0 Å². The molecule has 0 bridgehead atoms. The lowest BCUT2D eigenvalue weighted by molar-refractivity contribution is 0.137. The predicted octanol–water partition coefficient (Wildman–Crippen LogP) is 3.77. The fourth-order valence-electron chi connectivity index (χ4n) is 2.67. The Hall–Kier alpha value is -0.0800. The summed E-state index contributed by atoms with van der Waals surface area (Å²) < 4.78 is 0. The van der Waals surface area contributed by atoms with Gasteiger partial charge in [-0.2, -0.15) is 0 Å². The molecule has 0 heterocycles. The lowest BCUT2D eigenvalue weighted by Gasteiger charge is -2.36. The lowest BCUT2D eigenvalue weighted by Crippen LogP contribution is -2.48. The zero-order chi connectivity index (χ0) is 14.1. The van der Waals surface area contributed by atoms with Crippen LogP contribution in [0.15, 0.2) is 0 Å². The van der Waals surface area contributed by atoms with Gasteiger partial charge in [0.05, 0.1) is 0 Å². The van der Waals surface area contributed by atoms with Crippen molar-refractivity contribution in [1.29, 1.82) is 0 Å². The summed E-state index contributed by atoms with van der Waals surface area (Å²) in [4.78, 5) is 2.71. The van der Waals surface area contributed by atoms with Gasteiger partial charge in [0.2, 0.25) is 0 Å². The van der Waals surface area contributed by atoms with Crippen molar-refractivity contribution in [3.63, 3.8) is 0 Å². The van der Waals surface area contributed by atoms with Gasteiger partial charge < -0.3 is 5.32 Å². The second-order valence-electron chi connectivity index (χ2n) is 6.23. The van der Waals surface area contributed by atoms with Crippen LogP contribution in [0.4, 0.5) is 0 Å². The molecule has 0 aromatic rings. The average molecular weight is 256 g/mol. The van der Waals surface area contributed by atoms with Crippen LogP contribution in [0.3, 0.4) is 0 Å². The second kappa shape index (κ2) is 9.80. The molecule has 0 spiro atoms. The minimum atomic E-state index is 0.620. The van der Waals surface area contributed by atoms with Crippen molar-refractivity contribution in [2.45, 2.75) is 73.4 Å². The van der Waals surface area contributed by atoms with Crippen molar-refractivity contribution in [2.24, 2.45) is 11.8 Å². The highest BCUT2D eigenvalue weighted by atomic mass is 15.2. The zero-order valence-electron chi connectivity index (χ0n) is 13.8. The van der Waals surface area contributed by atoms with E-state index in [1.807, 2.05) is 0 Å². The minimum absolute atomic E-state index is 0.620.